The zero-order chi connectivity index (χ0) is 19.5. The molecule has 4 rings (SSSR count). The molecule has 0 aromatic carbocycles. The molecule has 3 aromatic heterocycles. The molecule has 1 amide bonds. The van der Waals surface area contributed by atoms with E-state index in [1.165, 1.54) is 6.39 Å². The molecule has 0 radical (unpaired) electrons. The predicted octanol–water partition coefficient (Wildman–Crippen LogP) is 2.48. The highest BCUT2D eigenvalue weighted by Crippen LogP contribution is 2.30. The Balaban J connectivity index is 1.62. The lowest BCUT2D eigenvalue weighted by atomic mass is 10.0. The van der Waals surface area contributed by atoms with Crippen molar-refractivity contribution >= 4 is 5.91 Å². The van der Waals surface area contributed by atoms with Crippen LogP contribution in [0.15, 0.2) is 35.4 Å². The van der Waals surface area contributed by atoms with E-state index in [1.54, 1.807) is 12.5 Å². The number of hydrogen-bond acceptors (Lipinski definition) is 6. The number of oxazole rings is 1. The van der Waals surface area contributed by atoms with Crippen LogP contribution < -0.4 is 0 Å². The number of pyridine rings is 1. The number of rotatable bonds is 6. The van der Waals surface area contributed by atoms with Gasteiger partial charge in [-0.25, -0.2) is 4.98 Å². The maximum Gasteiger partial charge on any atom is 0.255 e. The van der Waals surface area contributed by atoms with Gasteiger partial charge in [-0.15, -0.1) is 0 Å². The van der Waals surface area contributed by atoms with E-state index >= 15 is 0 Å². The molecule has 8 nitrogen and oxygen atoms in total. The van der Waals surface area contributed by atoms with E-state index < -0.39 is 0 Å². The first-order chi connectivity index (χ1) is 13.7. The van der Waals surface area contributed by atoms with E-state index in [2.05, 4.69) is 9.97 Å². The van der Waals surface area contributed by atoms with E-state index in [4.69, 9.17) is 14.3 Å². The molecule has 1 aliphatic rings. The number of hydrogen-bond donors (Lipinski definition) is 0. The molecule has 146 valence electrons. The highest BCUT2D eigenvalue weighted by Gasteiger charge is 2.29. The van der Waals surface area contributed by atoms with Gasteiger partial charge in [0.05, 0.1) is 25.3 Å². The molecule has 3 aromatic rings. The summed E-state index contributed by atoms with van der Waals surface area (Å²) >= 11 is 0. The number of carbonyl (C=O) groups excluding carboxylic acids is 1. The van der Waals surface area contributed by atoms with E-state index in [-0.39, 0.29) is 5.91 Å². The zero-order valence-electron chi connectivity index (χ0n) is 16.1. The summed E-state index contributed by atoms with van der Waals surface area (Å²) in [6.45, 7) is 6.94. The molecule has 0 bridgehead atoms. The SMILES string of the molecule is CCOCCn1nc(-c2cocn2)c2c1CCN(C(=O)c1ccc(C)nc1)C2. The van der Waals surface area contributed by atoms with Crippen LogP contribution in [0.1, 0.15) is 34.2 Å². The molecule has 0 aliphatic carbocycles. The topological polar surface area (TPSA) is 86.3 Å². The second kappa shape index (κ2) is 7.93. The van der Waals surface area contributed by atoms with Gasteiger partial charge in [0, 0.05) is 42.7 Å². The van der Waals surface area contributed by atoms with Crippen LogP contribution in [0.25, 0.3) is 11.4 Å². The van der Waals surface area contributed by atoms with Crippen molar-refractivity contribution in [3.63, 3.8) is 0 Å². The highest BCUT2D eigenvalue weighted by molar-refractivity contribution is 5.94. The van der Waals surface area contributed by atoms with Crippen molar-refractivity contribution in [2.24, 2.45) is 0 Å². The number of carbonyl (C=O) groups is 1. The average molecular weight is 381 g/mol. The van der Waals surface area contributed by atoms with Gasteiger partial charge in [0.1, 0.15) is 17.7 Å². The highest BCUT2D eigenvalue weighted by atomic mass is 16.5. The number of fused-ring (bicyclic) bond motifs is 1. The van der Waals surface area contributed by atoms with Gasteiger partial charge in [0.2, 0.25) is 0 Å². The maximum atomic E-state index is 12.9. The Morgan fingerprint density at radius 3 is 2.93 bits per heavy atom. The predicted molar refractivity (Wildman–Crippen MR) is 102 cm³/mol. The fourth-order valence-corrected chi connectivity index (χ4v) is 3.46. The summed E-state index contributed by atoms with van der Waals surface area (Å²) < 4.78 is 12.6. The van der Waals surface area contributed by atoms with Crippen molar-refractivity contribution in [3.8, 4) is 11.4 Å². The van der Waals surface area contributed by atoms with Crippen molar-refractivity contribution < 1.29 is 13.9 Å². The normalized spacial score (nSPS) is 13.6. The Morgan fingerprint density at radius 1 is 1.32 bits per heavy atom. The molecule has 0 spiro atoms. The summed E-state index contributed by atoms with van der Waals surface area (Å²) in [6.07, 6.45) is 5.35. The fourth-order valence-electron chi connectivity index (χ4n) is 3.46. The van der Waals surface area contributed by atoms with Gasteiger partial charge < -0.3 is 14.1 Å². The molecule has 1 aliphatic heterocycles. The Labute approximate surface area is 163 Å². The van der Waals surface area contributed by atoms with Crippen LogP contribution in [0.3, 0.4) is 0 Å². The summed E-state index contributed by atoms with van der Waals surface area (Å²) in [4.78, 5) is 23.3. The van der Waals surface area contributed by atoms with Crippen molar-refractivity contribution in [1.82, 2.24) is 24.6 Å². The molecular weight excluding hydrogens is 358 g/mol. The first-order valence-corrected chi connectivity index (χ1v) is 9.44. The molecule has 0 atom stereocenters. The fraction of sp³-hybridized carbons (Fsp3) is 0.400. The Bertz CT molecular complexity index is 947. The van der Waals surface area contributed by atoms with E-state index in [9.17, 15) is 4.79 Å². The number of nitrogens with zero attached hydrogens (tertiary/aromatic N) is 5. The molecule has 4 heterocycles. The van der Waals surface area contributed by atoms with Crippen molar-refractivity contribution in [2.75, 3.05) is 19.8 Å². The molecule has 0 fully saturated rings. The van der Waals surface area contributed by atoms with Gasteiger partial charge in [-0.1, -0.05) is 0 Å². The van der Waals surface area contributed by atoms with Crippen LogP contribution in [-0.4, -0.2) is 50.3 Å². The lowest BCUT2D eigenvalue weighted by Gasteiger charge is -2.28. The number of aryl methyl sites for hydroxylation is 1. The average Bonchev–Trinajstić information content (AvgIpc) is 3.36. The van der Waals surface area contributed by atoms with Gasteiger partial charge in [-0.2, -0.15) is 5.10 Å². The minimum atomic E-state index is -0.0219. The first kappa shape index (κ1) is 18.4. The number of amides is 1. The Hall–Kier alpha value is -3.00. The summed E-state index contributed by atoms with van der Waals surface area (Å²) in [5, 5.41) is 4.75. The Morgan fingerprint density at radius 2 is 2.21 bits per heavy atom. The minimum absolute atomic E-state index is 0.0219. The van der Waals surface area contributed by atoms with Crippen LogP contribution in [0.4, 0.5) is 0 Å². The van der Waals surface area contributed by atoms with E-state index in [0.717, 1.165) is 29.1 Å². The van der Waals surface area contributed by atoms with Crippen LogP contribution in [0.5, 0.6) is 0 Å². The third-order valence-electron chi connectivity index (χ3n) is 4.91. The van der Waals surface area contributed by atoms with Gasteiger partial charge >= 0.3 is 0 Å². The quantitative estimate of drug-likeness (QED) is 0.610. The second-order valence-corrected chi connectivity index (χ2v) is 6.73. The molecule has 0 saturated carbocycles. The van der Waals surface area contributed by atoms with Crippen LogP contribution in [-0.2, 0) is 24.2 Å². The summed E-state index contributed by atoms with van der Waals surface area (Å²) in [6, 6.07) is 3.68. The molecule has 0 N–H and O–H groups in total. The third kappa shape index (κ3) is 3.55. The monoisotopic (exact) mass is 381 g/mol. The third-order valence-corrected chi connectivity index (χ3v) is 4.91. The van der Waals surface area contributed by atoms with Gasteiger partial charge in [-0.3, -0.25) is 14.5 Å². The van der Waals surface area contributed by atoms with Crippen molar-refractivity contribution in [1.29, 1.82) is 0 Å². The lowest BCUT2D eigenvalue weighted by Crippen LogP contribution is -2.36. The molecule has 28 heavy (non-hydrogen) atoms. The standard InChI is InChI=1S/C20H23N5O3/c1-3-27-9-8-25-18-6-7-24(20(26)15-5-4-14(2)21-10-15)11-16(18)19(23-25)17-12-28-13-22-17/h4-5,10,12-13H,3,6-9,11H2,1-2H3. The zero-order valence-corrected chi connectivity index (χ0v) is 16.1. The Kier molecular flexibility index (Phi) is 5.21. The summed E-state index contributed by atoms with van der Waals surface area (Å²) in [5.41, 5.74) is 5.08. The van der Waals surface area contributed by atoms with Gasteiger partial charge in [0.25, 0.3) is 5.91 Å². The largest absolute Gasteiger partial charge is 0.451 e. The second-order valence-electron chi connectivity index (χ2n) is 6.73. The molecule has 0 saturated heterocycles. The molecular formula is C20H23N5O3. The molecule has 8 heteroatoms. The van der Waals surface area contributed by atoms with E-state index in [0.29, 0.717) is 44.1 Å². The van der Waals surface area contributed by atoms with Crippen LogP contribution in [0, 0.1) is 6.92 Å². The summed E-state index contributed by atoms with van der Waals surface area (Å²) in [5.74, 6) is -0.0219. The van der Waals surface area contributed by atoms with Crippen molar-refractivity contribution in [3.05, 3.63) is 53.5 Å². The van der Waals surface area contributed by atoms with Gasteiger partial charge in [0.15, 0.2) is 6.39 Å². The maximum absolute atomic E-state index is 12.9. The smallest absolute Gasteiger partial charge is 0.255 e. The van der Waals surface area contributed by atoms with Crippen LogP contribution in [0.2, 0.25) is 0 Å². The number of aromatic nitrogens is 4. The minimum Gasteiger partial charge on any atom is -0.451 e. The van der Waals surface area contributed by atoms with Crippen LogP contribution >= 0.6 is 0 Å². The summed E-state index contributed by atoms with van der Waals surface area (Å²) in [7, 11) is 0. The number of ether oxygens (including phenoxy) is 1. The first-order valence-electron chi connectivity index (χ1n) is 9.44. The van der Waals surface area contributed by atoms with Crippen molar-refractivity contribution in [2.45, 2.75) is 33.4 Å². The molecule has 0 unspecified atom stereocenters. The van der Waals surface area contributed by atoms with E-state index in [1.807, 2.05) is 35.6 Å². The lowest BCUT2D eigenvalue weighted by molar-refractivity contribution is 0.0732. The van der Waals surface area contributed by atoms with Gasteiger partial charge in [-0.05, 0) is 26.0 Å².